The lowest BCUT2D eigenvalue weighted by molar-refractivity contribution is 0.742. The van der Waals surface area contributed by atoms with Gasteiger partial charge in [-0.15, -0.1) is 0 Å². The Labute approximate surface area is 120 Å². The first-order valence-corrected chi connectivity index (χ1v) is 6.52. The van der Waals surface area contributed by atoms with E-state index in [1.54, 1.807) is 45.7 Å². The van der Waals surface area contributed by atoms with Gasteiger partial charge < -0.3 is 10.3 Å². The Morgan fingerprint density at radius 3 is 2.90 bits per heavy atom. The molecule has 1 aromatic carbocycles. The molecule has 0 saturated heterocycles. The van der Waals surface area contributed by atoms with Crippen molar-refractivity contribution >= 4 is 22.8 Å². The highest BCUT2D eigenvalue weighted by Crippen LogP contribution is 2.19. The summed E-state index contributed by atoms with van der Waals surface area (Å²) >= 11 is 6.13. The van der Waals surface area contributed by atoms with E-state index < -0.39 is 0 Å². The Kier molecular flexibility index (Phi) is 2.99. The van der Waals surface area contributed by atoms with E-state index in [0.29, 0.717) is 22.8 Å². The molecule has 0 atom stereocenters. The quantitative estimate of drug-likeness (QED) is 0.734. The van der Waals surface area contributed by atoms with E-state index in [4.69, 9.17) is 17.3 Å². The third-order valence-corrected chi connectivity index (χ3v) is 3.50. The van der Waals surface area contributed by atoms with Gasteiger partial charge in [-0.1, -0.05) is 11.6 Å². The van der Waals surface area contributed by atoms with Gasteiger partial charge in [0.05, 0.1) is 12.2 Å². The summed E-state index contributed by atoms with van der Waals surface area (Å²) in [6.45, 7) is 2.23. The Hall–Kier alpha value is -2.27. The summed E-state index contributed by atoms with van der Waals surface area (Å²) in [7, 11) is 0. The summed E-state index contributed by atoms with van der Waals surface area (Å²) in [5.41, 5.74) is 8.44. The summed E-state index contributed by atoms with van der Waals surface area (Å²) in [5.74, 6) is 0. The van der Waals surface area contributed by atoms with Gasteiger partial charge in [-0.25, -0.2) is 4.52 Å². The van der Waals surface area contributed by atoms with Crippen molar-refractivity contribution in [1.29, 1.82) is 0 Å². The summed E-state index contributed by atoms with van der Waals surface area (Å²) in [5, 5.41) is 4.80. The van der Waals surface area contributed by atoms with Crippen LogP contribution < -0.4 is 11.3 Å². The highest BCUT2D eigenvalue weighted by Gasteiger charge is 2.08. The molecule has 3 rings (SSSR count). The molecule has 2 N–H and O–H groups in total. The Morgan fingerprint density at radius 2 is 2.10 bits per heavy atom. The number of hydrogen-bond donors (Lipinski definition) is 1. The summed E-state index contributed by atoms with van der Waals surface area (Å²) in [6, 6.07) is 7.01. The second-order valence-corrected chi connectivity index (χ2v) is 5.10. The average molecular weight is 289 g/mol. The minimum Gasteiger partial charge on any atom is -0.399 e. The van der Waals surface area contributed by atoms with Crippen LogP contribution in [0.15, 0.2) is 41.5 Å². The average Bonchev–Trinajstić information content (AvgIpc) is 2.79. The molecule has 2 heterocycles. The van der Waals surface area contributed by atoms with E-state index in [9.17, 15) is 4.79 Å². The number of fused-ring (bicyclic) bond motifs is 1. The number of nitrogens with zero attached hydrogens (tertiary/aromatic N) is 3. The SMILES string of the molecule is Cc1cc2c(=O)n(Cc3cc(N)ccc3Cl)ccn2n1. The molecule has 2 aromatic heterocycles. The second-order valence-electron chi connectivity index (χ2n) is 4.70. The minimum absolute atomic E-state index is 0.105. The second kappa shape index (κ2) is 4.68. The zero-order valence-electron chi connectivity index (χ0n) is 10.9. The first-order chi connectivity index (χ1) is 9.54. The molecular formula is C14H13ClN4O. The van der Waals surface area contributed by atoms with E-state index in [2.05, 4.69) is 5.10 Å². The number of hydrogen-bond acceptors (Lipinski definition) is 3. The van der Waals surface area contributed by atoms with Crippen LogP contribution in [0.2, 0.25) is 5.02 Å². The number of nitrogen functional groups attached to an aromatic ring is 1. The highest BCUT2D eigenvalue weighted by atomic mass is 35.5. The number of nitrogens with two attached hydrogens (primary N) is 1. The number of benzene rings is 1. The fourth-order valence-electron chi connectivity index (χ4n) is 2.17. The molecule has 3 aromatic rings. The standard InChI is InChI=1S/C14H13ClN4O/c1-9-6-13-14(20)18(4-5-19(13)17-9)8-10-7-11(16)2-3-12(10)15/h2-7H,8,16H2,1H3. The number of rotatable bonds is 2. The zero-order chi connectivity index (χ0) is 14.3. The van der Waals surface area contributed by atoms with Crippen molar-refractivity contribution in [2.75, 3.05) is 5.73 Å². The van der Waals surface area contributed by atoms with Crippen molar-refractivity contribution < 1.29 is 0 Å². The van der Waals surface area contributed by atoms with E-state index in [-0.39, 0.29) is 5.56 Å². The molecule has 20 heavy (non-hydrogen) atoms. The predicted octanol–water partition coefficient (Wildman–Crippen LogP) is 2.09. The van der Waals surface area contributed by atoms with Gasteiger partial charge in [0, 0.05) is 23.1 Å². The van der Waals surface area contributed by atoms with Gasteiger partial charge in [0.25, 0.3) is 5.56 Å². The van der Waals surface area contributed by atoms with Gasteiger partial charge >= 0.3 is 0 Å². The number of aryl methyl sites for hydroxylation is 1. The predicted molar refractivity (Wildman–Crippen MR) is 79.2 cm³/mol. The fourth-order valence-corrected chi connectivity index (χ4v) is 2.35. The van der Waals surface area contributed by atoms with Gasteiger partial charge in [-0.05, 0) is 36.8 Å². The Balaban J connectivity index is 2.09. The highest BCUT2D eigenvalue weighted by molar-refractivity contribution is 6.31. The normalized spacial score (nSPS) is 11.1. The lowest BCUT2D eigenvalue weighted by Gasteiger charge is -2.08. The fraction of sp³-hybridized carbons (Fsp3) is 0.143. The minimum atomic E-state index is -0.105. The van der Waals surface area contributed by atoms with Crippen molar-refractivity contribution in [3.8, 4) is 0 Å². The summed E-state index contributed by atoms with van der Waals surface area (Å²) < 4.78 is 3.17. The molecule has 0 aliphatic rings. The van der Waals surface area contributed by atoms with E-state index in [0.717, 1.165) is 11.3 Å². The smallest absolute Gasteiger partial charge is 0.276 e. The summed E-state index contributed by atoms with van der Waals surface area (Å²) in [6.07, 6.45) is 3.45. The molecule has 102 valence electrons. The maximum absolute atomic E-state index is 12.4. The molecule has 0 fully saturated rings. The van der Waals surface area contributed by atoms with Crippen LogP contribution in [0.4, 0.5) is 5.69 Å². The maximum Gasteiger partial charge on any atom is 0.276 e. The first kappa shape index (κ1) is 12.7. The van der Waals surface area contributed by atoms with Crippen molar-refractivity contribution in [2.24, 2.45) is 0 Å². The van der Waals surface area contributed by atoms with Crippen LogP contribution in [0.25, 0.3) is 5.52 Å². The largest absolute Gasteiger partial charge is 0.399 e. The topological polar surface area (TPSA) is 65.3 Å². The van der Waals surface area contributed by atoms with E-state index in [1.165, 1.54) is 0 Å². The maximum atomic E-state index is 12.4. The zero-order valence-corrected chi connectivity index (χ0v) is 11.6. The van der Waals surface area contributed by atoms with Crippen LogP contribution in [0, 0.1) is 6.92 Å². The van der Waals surface area contributed by atoms with Crippen LogP contribution in [-0.2, 0) is 6.54 Å². The van der Waals surface area contributed by atoms with Crippen molar-refractivity contribution in [1.82, 2.24) is 14.2 Å². The molecule has 5 nitrogen and oxygen atoms in total. The van der Waals surface area contributed by atoms with Crippen molar-refractivity contribution in [3.63, 3.8) is 0 Å². The van der Waals surface area contributed by atoms with Crippen LogP contribution in [0.3, 0.4) is 0 Å². The molecule has 0 radical (unpaired) electrons. The molecule has 0 aliphatic heterocycles. The number of anilines is 1. The van der Waals surface area contributed by atoms with Gasteiger partial charge in [0.2, 0.25) is 0 Å². The molecule has 0 saturated carbocycles. The Bertz CT molecular complexity index is 850. The molecule has 0 bridgehead atoms. The van der Waals surface area contributed by atoms with Crippen molar-refractivity contribution in [3.05, 3.63) is 63.3 Å². The molecule has 0 spiro atoms. The molecule has 0 amide bonds. The van der Waals surface area contributed by atoms with Gasteiger partial charge in [0.15, 0.2) is 0 Å². The van der Waals surface area contributed by atoms with E-state index >= 15 is 0 Å². The molecule has 0 unspecified atom stereocenters. The van der Waals surface area contributed by atoms with Gasteiger partial charge in [-0.3, -0.25) is 4.79 Å². The monoisotopic (exact) mass is 288 g/mol. The third kappa shape index (κ3) is 2.16. The lowest BCUT2D eigenvalue weighted by atomic mass is 10.2. The molecule has 0 aliphatic carbocycles. The van der Waals surface area contributed by atoms with E-state index in [1.807, 2.05) is 6.92 Å². The third-order valence-electron chi connectivity index (χ3n) is 3.14. The van der Waals surface area contributed by atoms with Crippen LogP contribution in [0.5, 0.6) is 0 Å². The molecule has 6 heteroatoms. The van der Waals surface area contributed by atoms with Gasteiger partial charge in [-0.2, -0.15) is 5.10 Å². The summed E-state index contributed by atoms with van der Waals surface area (Å²) in [4.78, 5) is 12.4. The van der Waals surface area contributed by atoms with Crippen molar-refractivity contribution in [2.45, 2.75) is 13.5 Å². The number of halogens is 1. The van der Waals surface area contributed by atoms with Crippen LogP contribution >= 0.6 is 11.6 Å². The Morgan fingerprint density at radius 1 is 1.30 bits per heavy atom. The first-order valence-electron chi connectivity index (χ1n) is 6.14. The number of aromatic nitrogens is 3. The lowest BCUT2D eigenvalue weighted by Crippen LogP contribution is -2.22. The van der Waals surface area contributed by atoms with Gasteiger partial charge in [0.1, 0.15) is 5.52 Å². The van der Waals surface area contributed by atoms with Crippen LogP contribution in [-0.4, -0.2) is 14.2 Å². The van der Waals surface area contributed by atoms with Crippen LogP contribution in [0.1, 0.15) is 11.3 Å². The molecular weight excluding hydrogens is 276 g/mol.